The first-order valence-corrected chi connectivity index (χ1v) is 7.12. The average Bonchev–Trinajstić information content (AvgIpc) is 2.32. The molecule has 1 rings (SSSR count). The van der Waals surface area contributed by atoms with Crippen molar-refractivity contribution in [2.24, 2.45) is 5.92 Å². The van der Waals surface area contributed by atoms with Gasteiger partial charge in [-0.05, 0) is 29.9 Å². The van der Waals surface area contributed by atoms with Crippen molar-refractivity contribution in [3.05, 3.63) is 33.8 Å². The minimum absolute atomic E-state index is 0.0266. The highest BCUT2D eigenvalue weighted by molar-refractivity contribution is 7.99. The second-order valence-electron chi connectivity index (χ2n) is 3.85. The predicted molar refractivity (Wildman–Crippen MR) is 74.4 cm³/mol. The van der Waals surface area contributed by atoms with Crippen molar-refractivity contribution in [3.63, 3.8) is 0 Å². The van der Waals surface area contributed by atoms with Gasteiger partial charge >= 0.3 is 0 Å². The van der Waals surface area contributed by atoms with Crippen molar-refractivity contribution in [1.82, 2.24) is 0 Å². The summed E-state index contributed by atoms with van der Waals surface area (Å²) in [6, 6.07) is 4.88. The summed E-state index contributed by atoms with van der Waals surface area (Å²) in [4.78, 5) is 11.8. The molecule has 0 bridgehead atoms. The van der Waals surface area contributed by atoms with E-state index < -0.39 is 0 Å². The minimum Gasteiger partial charge on any atom is -0.396 e. The van der Waals surface area contributed by atoms with Gasteiger partial charge in [-0.15, -0.1) is 0 Å². The molecule has 5 heteroatoms. The Morgan fingerprint density at radius 2 is 2.12 bits per heavy atom. The van der Waals surface area contributed by atoms with Crippen LogP contribution in [0.15, 0.2) is 18.2 Å². The van der Waals surface area contributed by atoms with Crippen molar-refractivity contribution < 1.29 is 9.90 Å². The molecule has 1 atom stereocenters. The van der Waals surface area contributed by atoms with Crippen LogP contribution in [0.25, 0.3) is 0 Å². The van der Waals surface area contributed by atoms with E-state index in [9.17, 15) is 4.79 Å². The predicted octanol–water partition coefficient (Wildman–Crippen LogP) is 3.54. The third-order valence-corrected chi connectivity index (χ3v) is 4.20. The van der Waals surface area contributed by atoms with Gasteiger partial charge in [0, 0.05) is 12.2 Å². The third-order valence-electron chi connectivity index (χ3n) is 2.19. The highest BCUT2D eigenvalue weighted by Gasteiger charge is 2.09. The van der Waals surface area contributed by atoms with Crippen LogP contribution in [-0.2, 0) is 0 Å². The van der Waals surface area contributed by atoms with Crippen LogP contribution in [0.1, 0.15) is 17.3 Å². The molecule has 0 aliphatic heterocycles. The van der Waals surface area contributed by atoms with Crippen LogP contribution in [0.5, 0.6) is 0 Å². The number of rotatable bonds is 6. The quantitative estimate of drug-likeness (QED) is 0.815. The number of benzene rings is 1. The van der Waals surface area contributed by atoms with E-state index >= 15 is 0 Å². The number of carbonyl (C=O) groups is 1. The summed E-state index contributed by atoms with van der Waals surface area (Å²) in [6.45, 7) is 2.09. The molecule has 0 aromatic heterocycles. The van der Waals surface area contributed by atoms with Gasteiger partial charge in [-0.3, -0.25) is 4.79 Å². The first-order valence-electron chi connectivity index (χ1n) is 5.21. The summed E-state index contributed by atoms with van der Waals surface area (Å²) >= 11 is 13.1. The SMILES string of the molecule is CC(CO)CSCC(=O)c1ccc(Cl)c(Cl)c1. The van der Waals surface area contributed by atoms with Gasteiger partial charge in [0.2, 0.25) is 0 Å². The fraction of sp³-hybridized carbons (Fsp3) is 0.417. The molecule has 0 aliphatic rings. The molecule has 1 N–H and O–H groups in total. The first-order chi connectivity index (χ1) is 8.04. The Labute approximate surface area is 115 Å². The van der Waals surface area contributed by atoms with Gasteiger partial charge < -0.3 is 5.11 Å². The van der Waals surface area contributed by atoms with E-state index in [2.05, 4.69) is 0 Å². The molecule has 2 nitrogen and oxygen atoms in total. The third kappa shape index (κ3) is 4.88. The summed E-state index contributed by atoms with van der Waals surface area (Å²) in [5, 5.41) is 9.70. The smallest absolute Gasteiger partial charge is 0.172 e. The van der Waals surface area contributed by atoms with Crippen LogP contribution >= 0.6 is 35.0 Å². The Bertz CT molecular complexity index is 396. The lowest BCUT2D eigenvalue weighted by molar-refractivity contribution is 0.102. The van der Waals surface area contributed by atoms with Crippen LogP contribution in [0.3, 0.4) is 0 Å². The molecule has 0 radical (unpaired) electrons. The number of hydrogen-bond acceptors (Lipinski definition) is 3. The van der Waals surface area contributed by atoms with Gasteiger partial charge in [0.15, 0.2) is 5.78 Å². The Morgan fingerprint density at radius 3 is 2.71 bits per heavy atom. The maximum absolute atomic E-state index is 11.8. The zero-order chi connectivity index (χ0) is 12.8. The maximum Gasteiger partial charge on any atom is 0.172 e. The molecule has 17 heavy (non-hydrogen) atoms. The molecule has 1 aromatic rings. The lowest BCUT2D eigenvalue weighted by atomic mass is 10.1. The lowest BCUT2D eigenvalue weighted by Gasteiger charge is -2.07. The van der Waals surface area contributed by atoms with Crippen molar-refractivity contribution >= 4 is 40.7 Å². The Hall–Kier alpha value is -0.220. The van der Waals surface area contributed by atoms with Crippen LogP contribution in [0.4, 0.5) is 0 Å². The van der Waals surface area contributed by atoms with E-state index in [1.807, 2.05) is 6.92 Å². The zero-order valence-corrected chi connectivity index (χ0v) is 11.8. The summed E-state index contributed by atoms with van der Waals surface area (Å²) in [5.74, 6) is 1.39. The van der Waals surface area contributed by atoms with E-state index in [1.165, 1.54) is 11.8 Å². The van der Waals surface area contributed by atoms with Gasteiger partial charge in [-0.25, -0.2) is 0 Å². The molecule has 0 fully saturated rings. The van der Waals surface area contributed by atoms with Crippen LogP contribution < -0.4 is 0 Å². The standard InChI is InChI=1S/C12H14Cl2O2S/c1-8(5-15)6-17-7-12(16)9-2-3-10(13)11(14)4-9/h2-4,8,15H,5-7H2,1H3. The van der Waals surface area contributed by atoms with E-state index in [1.54, 1.807) is 18.2 Å². The Kier molecular flexibility index (Phi) is 6.34. The Balaban J connectivity index is 2.50. The highest BCUT2D eigenvalue weighted by atomic mass is 35.5. The van der Waals surface area contributed by atoms with E-state index in [-0.39, 0.29) is 18.3 Å². The second kappa shape index (κ2) is 7.27. The van der Waals surface area contributed by atoms with Crippen LogP contribution in [0, 0.1) is 5.92 Å². The van der Waals surface area contributed by atoms with Gasteiger partial charge in [0.05, 0.1) is 15.8 Å². The number of aliphatic hydroxyl groups excluding tert-OH is 1. The van der Waals surface area contributed by atoms with Gasteiger partial charge in [-0.2, -0.15) is 11.8 Å². The number of Topliss-reactive ketones (excluding diaryl/α,β-unsaturated/α-hetero) is 1. The molecule has 0 aliphatic carbocycles. The highest BCUT2D eigenvalue weighted by Crippen LogP contribution is 2.23. The molecule has 0 saturated heterocycles. The number of thioether (sulfide) groups is 1. The molecule has 1 aromatic carbocycles. The molecule has 0 amide bonds. The normalized spacial score (nSPS) is 12.5. The molecule has 1 unspecified atom stereocenters. The van der Waals surface area contributed by atoms with Gasteiger partial charge in [0.25, 0.3) is 0 Å². The molecule has 0 saturated carbocycles. The number of hydrogen-bond donors (Lipinski definition) is 1. The molecular formula is C12H14Cl2O2S. The van der Waals surface area contributed by atoms with Gasteiger partial charge in [0.1, 0.15) is 0 Å². The topological polar surface area (TPSA) is 37.3 Å². The number of aliphatic hydroxyl groups is 1. The largest absolute Gasteiger partial charge is 0.396 e. The first kappa shape index (κ1) is 14.8. The molecule has 0 heterocycles. The lowest BCUT2D eigenvalue weighted by Crippen LogP contribution is -2.08. The summed E-state index contributed by atoms with van der Waals surface area (Å²) in [5.41, 5.74) is 0.573. The van der Waals surface area contributed by atoms with Crippen molar-refractivity contribution in [1.29, 1.82) is 0 Å². The summed E-state index contributed by atoms with van der Waals surface area (Å²) < 4.78 is 0. The van der Waals surface area contributed by atoms with Gasteiger partial charge in [-0.1, -0.05) is 30.1 Å². The number of halogens is 2. The minimum atomic E-state index is 0.0266. The van der Waals surface area contributed by atoms with Crippen molar-refractivity contribution in [2.45, 2.75) is 6.92 Å². The molecular weight excluding hydrogens is 279 g/mol. The number of carbonyl (C=O) groups excluding carboxylic acids is 1. The van der Waals surface area contributed by atoms with E-state index in [0.717, 1.165) is 5.75 Å². The van der Waals surface area contributed by atoms with Crippen LogP contribution in [-0.4, -0.2) is 29.0 Å². The number of ketones is 1. The molecule has 94 valence electrons. The summed E-state index contributed by atoms with van der Waals surface area (Å²) in [6.07, 6.45) is 0. The second-order valence-corrected chi connectivity index (χ2v) is 5.70. The fourth-order valence-electron chi connectivity index (χ4n) is 1.16. The van der Waals surface area contributed by atoms with Crippen molar-refractivity contribution in [2.75, 3.05) is 18.1 Å². The molecule has 0 spiro atoms. The maximum atomic E-state index is 11.8. The average molecular weight is 293 g/mol. The van der Waals surface area contributed by atoms with Crippen LogP contribution in [0.2, 0.25) is 10.0 Å². The summed E-state index contributed by atoms with van der Waals surface area (Å²) in [7, 11) is 0. The monoisotopic (exact) mass is 292 g/mol. The zero-order valence-electron chi connectivity index (χ0n) is 9.45. The fourth-order valence-corrected chi connectivity index (χ4v) is 2.43. The van der Waals surface area contributed by atoms with E-state index in [0.29, 0.717) is 21.4 Å². The van der Waals surface area contributed by atoms with E-state index in [4.69, 9.17) is 28.3 Å². The Morgan fingerprint density at radius 1 is 1.41 bits per heavy atom. The van der Waals surface area contributed by atoms with Crippen molar-refractivity contribution in [3.8, 4) is 0 Å².